The Balaban J connectivity index is 1.28. The normalized spacial score (nSPS) is 18.0. The molecule has 0 saturated carbocycles. The van der Waals surface area contributed by atoms with Crippen LogP contribution in [0.4, 0.5) is 8.78 Å². The molecule has 2 aliphatic rings. The largest absolute Gasteiger partial charge is 0.299 e. The molecule has 4 rings (SSSR count). The topological polar surface area (TPSA) is 41.4 Å². The van der Waals surface area contributed by atoms with Gasteiger partial charge in [0.05, 0.1) is 12.2 Å². The minimum absolute atomic E-state index is 0.0117. The standard InChI is InChI=1S/C20H24F2N4O/c21-17-10-15(11-18(22)13-17)14-25-6-4-24(5-7-25)8-9-26-20(27)12-16-2-1-3-19(16)23-26/h10-13H,1-9,14H2. The van der Waals surface area contributed by atoms with E-state index in [2.05, 4.69) is 14.9 Å². The summed E-state index contributed by atoms with van der Waals surface area (Å²) in [5, 5.41) is 4.52. The van der Waals surface area contributed by atoms with Crippen LogP contribution >= 0.6 is 0 Å². The van der Waals surface area contributed by atoms with E-state index in [1.54, 1.807) is 10.7 Å². The Morgan fingerprint density at radius 1 is 0.889 bits per heavy atom. The molecule has 0 radical (unpaired) electrons. The molecule has 1 saturated heterocycles. The summed E-state index contributed by atoms with van der Waals surface area (Å²) >= 11 is 0. The molecule has 0 N–H and O–H groups in total. The van der Waals surface area contributed by atoms with Gasteiger partial charge < -0.3 is 0 Å². The van der Waals surface area contributed by atoms with Crippen molar-refractivity contribution in [3.05, 3.63) is 63.1 Å². The molecular formula is C20H24F2N4O. The average molecular weight is 374 g/mol. The van der Waals surface area contributed by atoms with Crippen molar-refractivity contribution in [1.82, 2.24) is 19.6 Å². The molecule has 0 bridgehead atoms. The molecule has 0 spiro atoms. The molecule has 2 heterocycles. The van der Waals surface area contributed by atoms with Crippen molar-refractivity contribution >= 4 is 0 Å². The second kappa shape index (κ2) is 7.86. The van der Waals surface area contributed by atoms with E-state index in [4.69, 9.17) is 0 Å². The van der Waals surface area contributed by atoms with Crippen molar-refractivity contribution in [3.63, 3.8) is 0 Å². The molecular weight excluding hydrogens is 350 g/mol. The van der Waals surface area contributed by atoms with Crippen LogP contribution in [0.15, 0.2) is 29.1 Å². The highest BCUT2D eigenvalue weighted by Gasteiger charge is 2.19. The zero-order valence-electron chi connectivity index (χ0n) is 15.3. The molecule has 1 aliphatic heterocycles. The lowest BCUT2D eigenvalue weighted by molar-refractivity contribution is 0.122. The van der Waals surface area contributed by atoms with Gasteiger partial charge in [-0.1, -0.05) is 0 Å². The molecule has 144 valence electrons. The number of hydrogen-bond acceptors (Lipinski definition) is 4. The van der Waals surface area contributed by atoms with Gasteiger partial charge in [-0.2, -0.15) is 5.10 Å². The summed E-state index contributed by atoms with van der Waals surface area (Å²) in [6, 6.07) is 5.42. The zero-order chi connectivity index (χ0) is 18.8. The van der Waals surface area contributed by atoms with Crippen LogP contribution in [0.1, 0.15) is 23.2 Å². The molecule has 2 aromatic rings. The third kappa shape index (κ3) is 4.42. The van der Waals surface area contributed by atoms with Gasteiger partial charge >= 0.3 is 0 Å². The summed E-state index contributed by atoms with van der Waals surface area (Å²) in [5.41, 5.74) is 2.83. The Labute approximate surface area is 157 Å². The number of nitrogens with zero attached hydrogens (tertiary/aromatic N) is 4. The number of benzene rings is 1. The van der Waals surface area contributed by atoms with Gasteiger partial charge in [0.2, 0.25) is 0 Å². The maximum absolute atomic E-state index is 13.3. The fourth-order valence-electron chi connectivity index (χ4n) is 3.97. The van der Waals surface area contributed by atoms with Crippen LogP contribution in [0.25, 0.3) is 0 Å². The minimum atomic E-state index is -0.532. The summed E-state index contributed by atoms with van der Waals surface area (Å²) in [4.78, 5) is 16.7. The van der Waals surface area contributed by atoms with Crippen LogP contribution in [0.3, 0.4) is 0 Å². The molecule has 27 heavy (non-hydrogen) atoms. The van der Waals surface area contributed by atoms with Gasteiger partial charge in [0.15, 0.2) is 0 Å². The molecule has 0 unspecified atom stereocenters. The van der Waals surface area contributed by atoms with Gasteiger partial charge in [-0.25, -0.2) is 13.5 Å². The van der Waals surface area contributed by atoms with E-state index in [0.29, 0.717) is 18.7 Å². The number of aromatic nitrogens is 2. The van der Waals surface area contributed by atoms with E-state index in [-0.39, 0.29) is 5.56 Å². The maximum atomic E-state index is 13.3. The molecule has 1 aliphatic carbocycles. The Morgan fingerprint density at radius 2 is 1.59 bits per heavy atom. The van der Waals surface area contributed by atoms with Crippen molar-refractivity contribution in [2.45, 2.75) is 32.4 Å². The third-order valence-electron chi connectivity index (χ3n) is 5.45. The van der Waals surface area contributed by atoms with Crippen LogP contribution < -0.4 is 5.56 Å². The van der Waals surface area contributed by atoms with E-state index >= 15 is 0 Å². The number of piperazine rings is 1. The lowest BCUT2D eigenvalue weighted by Gasteiger charge is -2.34. The summed E-state index contributed by atoms with van der Waals surface area (Å²) < 4.78 is 28.2. The maximum Gasteiger partial charge on any atom is 0.267 e. The summed E-state index contributed by atoms with van der Waals surface area (Å²) in [6.07, 6.45) is 3.02. The van der Waals surface area contributed by atoms with E-state index in [1.807, 2.05) is 0 Å². The average Bonchev–Trinajstić information content (AvgIpc) is 3.07. The summed E-state index contributed by atoms with van der Waals surface area (Å²) in [5.74, 6) is -1.06. The van der Waals surface area contributed by atoms with E-state index < -0.39 is 11.6 Å². The van der Waals surface area contributed by atoms with Gasteiger partial charge in [0, 0.05) is 51.4 Å². The molecule has 0 atom stereocenters. The highest BCUT2D eigenvalue weighted by molar-refractivity contribution is 5.22. The molecule has 0 amide bonds. The molecule has 1 aromatic heterocycles. The van der Waals surface area contributed by atoms with Crippen molar-refractivity contribution in [1.29, 1.82) is 0 Å². The first-order valence-electron chi connectivity index (χ1n) is 9.56. The zero-order valence-corrected chi connectivity index (χ0v) is 15.3. The first-order chi connectivity index (χ1) is 13.1. The van der Waals surface area contributed by atoms with Gasteiger partial charge in [0.1, 0.15) is 11.6 Å². The van der Waals surface area contributed by atoms with E-state index in [1.165, 1.54) is 12.1 Å². The number of aryl methyl sites for hydroxylation is 2. The Morgan fingerprint density at radius 3 is 2.33 bits per heavy atom. The quantitative estimate of drug-likeness (QED) is 0.801. The molecule has 1 aromatic carbocycles. The smallest absolute Gasteiger partial charge is 0.267 e. The lowest BCUT2D eigenvalue weighted by atomic mass is 10.2. The van der Waals surface area contributed by atoms with Crippen LogP contribution in [0, 0.1) is 11.6 Å². The van der Waals surface area contributed by atoms with Crippen LogP contribution in [0.5, 0.6) is 0 Å². The predicted molar refractivity (Wildman–Crippen MR) is 98.6 cm³/mol. The van der Waals surface area contributed by atoms with Gasteiger partial charge in [-0.15, -0.1) is 0 Å². The highest BCUT2D eigenvalue weighted by Crippen LogP contribution is 2.17. The lowest BCUT2D eigenvalue weighted by Crippen LogP contribution is -2.47. The number of rotatable bonds is 5. The van der Waals surface area contributed by atoms with Gasteiger partial charge in [-0.3, -0.25) is 14.6 Å². The second-order valence-corrected chi connectivity index (χ2v) is 7.43. The third-order valence-corrected chi connectivity index (χ3v) is 5.45. The van der Waals surface area contributed by atoms with Crippen molar-refractivity contribution in [2.75, 3.05) is 32.7 Å². The number of hydrogen-bond donors (Lipinski definition) is 0. The molecule has 5 nitrogen and oxygen atoms in total. The second-order valence-electron chi connectivity index (χ2n) is 7.43. The Kier molecular flexibility index (Phi) is 5.31. The SMILES string of the molecule is O=c1cc2c(nn1CCN1CCN(Cc3cc(F)cc(F)c3)CC1)CCC2. The molecule has 1 fully saturated rings. The van der Waals surface area contributed by atoms with E-state index in [9.17, 15) is 13.6 Å². The Hall–Kier alpha value is -2.12. The summed E-state index contributed by atoms with van der Waals surface area (Å²) in [6.45, 7) is 5.36. The van der Waals surface area contributed by atoms with Crippen molar-refractivity contribution in [2.24, 2.45) is 0 Å². The number of halogens is 2. The monoisotopic (exact) mass is 374 g/mol. The predicted octanol–water partition coefficient (Wildman–Crippen LogP) is 1.83. The fraction of sp³-hybridized carbons (Fsp3) is 0.500. The van der Waals surface area contributed by atoms with Crippen molar-refractivity contribution < 1.29 is 8.78 Å². The van der Waals surface area contributed by atoms with Crippen molar-refractivity contribution in [3.8, 4) is 0 Å². The molecule has 7 heteroatoms. The van der Waals surface area contributed by atoms with Crippen LogP contribution in [-0.2, 0) is 25.9 Å². The fourth-order valence-corrected chi connectivity index (χ4v) is 3.97. The van der Waals surface area contributed by atoms with Gasteiger partial charge in [-0.05, 0) is 42.5 Å². The highest BCUT2D eigenvalue weighted by atomic mass is 19.1. The minimum Gasteiger partial charge on any atom is -0.299 e. The first kappa shape index (κ1) is 18.3. The first-order valence-corrected chi connectivity index (χ1v) is 9.56. The Bertz CT molecular complexity index is 855. The van der Waals surface area contributed by atoms with Crippen LogP contribution in [0.2, 0.25) is 0 Å². The summed E-state index contributed by atoms with van der Waals surface area (Å²) in [7, 11) is 0. The number of fused-ring (bicyclic) bond motifs is 1. The van der Waals surface area contributed by atoms with Crippen LogP contribution in [-0.4, -0.2) is 52.3 Å². The van der Waals surface area contributed by atoms with Gasteiger partial charge in [0.25, 0.3) is 5.56 Å². The van der Waals surface area contributed by atoms with E-state index in [0.717, 1.165) is 69.3 Å².